The summed E-state index contributed by atoms with van der Waals surface area (Å²) in [5.74, 6) is 0.783. The van der Waals surface area contributed by atoms with Crippen LogP contribution in [-0.2, 0) is 6.54 Å². The number of nitrogens with one attached hydrogen (secondary N) is 2. The largest absolute Gasteiger partial charge is 0.369 e. The Morgan fingerprint density at radius 2 is 2.33 bits per heavy atom. The van der Waals surface area contributed by atoms with Crippen molar-refractivity contribution in [3.8, 4) is 0 Å². The third-order valence-electron chi connectivity index (χ3n) is 3.78. The summed E-state index contributed by atoms with van der Waals surface area (Å²) in [5.41, 5.74) is 2.10. The summed E-state index contributed by atoms with van der Waals surface area (Å²) >= 11 is 0. The Bertz CT molecular complexity index is 573. The molecular formula is C15H20N6. The van der Waals surface area contributed by atoms with Crippen molar-refractivity contribution >= 4 is 11.5 Å². The zero-order valence-electron chi connectivity index (χ0n) is 12.2. The fourth-order valence-corrected chi connectivity index (χ4v) is 2.53. The molecule has 2 N–H and O–H groups in total. The van der Waals surface area contributed by atoms with Crippen molar-refractivity contribution in [2.24, 2.45) is 0 Å². The Morgan fingerprint density at radius 3 is 3.10 bits per heavy atom. The molecule has 0 aliphatic carbocycles. The second-order valence-electron chi connectivity index (χ2n) is 5.19. The van der Waals surface area contributed by atoms with E-state index in [0.29, 0.717) is 12.6 Å². The van der Waals surface area contributed by atoms with Crippen LogP contribution >= 0.6 is 0 Å². The number of likely N-dealkylation sites (N-methyl/N-ethyl adjacent to an activating group) is 1. The minimum absolute atomic E-state index is 0.558. The number of pyridine rings is 1. The zero-order valence-corrected chi connectivity index (χ0v) is 12.2. The fraction of sp³-hybridized carbons (Fsp3) is 0.400. The van der Waals surface area contributed by atoms with Gasteiger partial charge in [-0.3, -0.25) is 4.98 Å². The number of aromatic nitrogens is 3. The fourth-order valence-electron chi connectivity index (χ4n) is 2.53. The second kappa shape index (κ2) is 6.49. The van der Waals surface area contributed by atoms with Gasteiger partial charge in [-0.25, -0.2) is 0 Å². The summed E-state index contributed by atoms with van der Waals surface area (Å²) < 4.78 is 0. The molecule has 0 spiro atoms. The van der Waals surface area contributed by atoms with Gasteiger partial charge in [0.15, 0.2) is 5.82 Å². The monoisotopic (exact) mass is 284 g/mol. The van der Waals surface area contributed by atoms with Gasteiger partial charge in [-0.2, -0.15) is 5.10 Å². The van der Waals surface area contributed by atoms with Gasteiger partial charge in [0, 0.05) is 31.4 Å². The van der Waals surface area contributed by atoms with Gasteiger partial charge in [0.05, 0.1) is 24.1 Å². The Morgan fingerprint density at radius 1 is 1.38 bits per heavy atom. The minimum Gasteiger partial charge on any atom is -0.369 e. The van der Waals surface area contributed by atoms with Gasteiger partial charge in [-0.05, 0) is 25.6 Å². The van der Waals surface area contributed by atoms with Crippen molar-refractivity contribution in [2.75, 3.05) is 30.4 Å². The van der Waals surface area contributed by atoms with Crippen molar-refractivity contribution in [3.05, 3.63) is 42.4 Å². The normalized spacial score (nSPS) is 18.0. The first-order valence-electron chi connectivity index (χ1n) is 7.24. The highest BCUT2D eigenvalue weighted by Crippen LogP contribution is 2.21. The molecule has 1 fully saturated rings. The van der Waals surface area contributed by atoms with E-state index in [1.807, 2.05) is 37.5 Å². The molecule has 1 aliphatic heterocycles. The molecular weight excluding hydrogens is 264 g/mol. The predicted molar refractivity (Wildman–Crippen MR) is 83.3 cm³/mol. The highest BCUT2D eigenvalue weighted by atomic mass is 15.2. The molecule has 3 rings (SSSR count). The van der Waals surface area contributed by atoms with Crippen molar-refractivity contribution < 1.29 is 0 Å². The lowest BCUT2D eigenvalue weighted by atomic mass is 10.3. The molecule has 2 aromatic heterocycles. The Kier molecular flexibility index (Phi) is 4.25. The standard InChI is InChI=1S/C15H20N6/c1-16-13-5-7-21(11-13)14-8-15(20-19-10-14)18-9-12-4-2-3-6-17-12/h2-4,6,8,10,13,16H,5,7,9,11H2,1H3,(H,18,20)/t13-/m0/s1. The van der Waals surface area contributed by atoms with Crippen LogP contribution in [0.4, 0.5) is 11.5 Å². The molecule has 0 amide bonds. The average molecular weight is 284 g/mol. The second-order valence-corrected chi connectivity index (χ2v) is 5.19. The highest BCUT2D eigenvalue weighted by Gasteiger charge is 2.21. The molecule has 0 bridgehead atoms. The van der Waals surface area contributed by atoms with E-state index in [0.717, 1.165) is 36.7 Å². The van der Waals surface area contributed by atoms with Crippen LogP contribution < -0.4 is 15.5 Å². The van der Waals surface area contributed by atoms with E-state index in [4.69, 9.17) is 0 Å². The van der Waals surface area contributed by atoms with E-state index in [9.17, 15) is 0 Å². The SMILES string of the molecule is CN[C@H]1CCN(c2cnnc(NCc3ccccn3)c2)C1. The lowest BCUT2D eigenvalue weighted by Gasteiger charge is -2.18. The van der Waals surface area contributed by atoms with E-state index < -0.39 is 0 Å². The van der Waals surface area contributed by atoms with Gasteiger partial charge in [-0.15, -0.1) is 5.10 Å². The highest BCUT2D eigenvalue weighted by molar-refractivity contribution is 5.53. The van der Waals surface area contributed by atoms with Crippen LogP contribution in [-0.4, -0.2) is 41.4 Å². The summed E-state index contributed by atoms with van der Waals surface area (Å²) in [6.45, 7) is 2.72. The van der Waals surface area contributed by atoms with E-state index in [1.54, 1.807) is 6.20 Å². The molecule has 2 aromatic rings. The third-order valence-corrected chi connectivity index (χ3v) is 3.78. The number of hydrogen-bond acceptors (Lipinski definition) is 6. The maximum absolute atomic E-state index is 4.29. The van der Waals surface area contributed by atoms with Crippen molar-refractivity contribution in [1.29, 1.82) is 0 Å². The Balaban J connectivity index is 1.63. The summed E-state index contributed by atoms with van der Waals surface area (Å²) in [4.78, 5) is 6.62. The summed E-state index contributed by atoms with van der Waals surface area (Å²) in [6, 6.07) is 8.49. The molecule has 0 aromatic carbocycles. The summed E-state index contributed by atoms with van der Waals surface area (Å²) in [6.07, 6.45) is 4.78. The van der Waals surface area contributed by atoms with E-state index in [1.165, 1.54) is 0 Å². The van der Waals surface area contributed by atoms with Crippen LogP contribution in [0.2, 0.25) is 0 Å². The summed E-state index contributed by atoms with van der Waals surface area (Å²) in [5, 5.41) is 14.8. The third kappa shape index (κ3) is 3.46. The van der Waals surface area contributed by atoms with Gasteiger partial charge in [-0.1, -0.05) is 6.07 Å². The van der Waals surface area contributed by atoms with Crippen LogP contribution in [0.25, 0.3) is 0 Å². The zero-order chi connectivity index (χ0) is 14.5. The number of anilines is 2. The molecule has 0 unspecified atom stereocenters. The van der Waals surface area contributed by atoms with E-state index >= 15 is 0 Å². The lowest BCUT2D eigenvalue weighted by molar-refractivity contribution is 0.617. The van der Waals surface area contributed by atoms with Crippen molar-refractivity contribution in [2.45, 2.75) is 19.0 Å². The smallest absolute Gasteiger partial charge is 0.151 e. The maximum atomic E-state index is 4.29. The van der Waals surface area contributed by atoms with Crippen LogP contribution in [0.15, 0.2) is 36.7 Å². The number of nitrogens with zero attached hydrogens (tertiary/aromatic N) is 4. The van der Waals surface area contributed by atoms with Crippen LogP contribution in [0, 0.1) is 0 Å². The van der Waals surface area contributed by atoms with Gasteiger partial charge >= 0.3 is 0 Å². The maximum Gasteiger partial charge on any atom is 0.151 e. The number of hydrogen-bond donors (Lipinski definition) is 2. The van der Waals surface area contributed by atoms with Crippen LogP contribution in [0.3, 0.4) is 0 Å². The van der Waals surface area contributed by atoms with Crippen LogP contribution in [0.1, 0.15) is 12.1 Å². The van der Waals surface area contributed by atoms with Gasteiger partial charge in [0.2, 0.25) is 0 Å². The minimum atomic E-state index is 0.558. The van der Waals surface area contributed by atoms with Crippen LogP contribution in [0.5, 0.6) is 0 Å². The van der Waals surface area contributed by atoms with E-state index in [-0.39, 0.29) is 0 Å². The molecule has 1 saturated heterocycles. The molecule has 110 valence electrons. The first-order chi connectivity index (χ1) is 10.3. The molecule has 21 heavy (non-hydrogen) atoms. The Labute approximate surface area is 124 Å². The Hall–Kier alpha value is -2.21. The molecule has 6 heteroatoms. The quantitative estimate of drug-likeness (QED) is 0.862. The van der Waals surface area contributed by atoms with E-state index in [2.05, 4.69) is 30.7 Å². The molecule has 0 radical (unpaired) electrons. The molecule has 1 aliphatic rings. The lowest BCUT2D eigenvalue weighted by Crippen LogP contribution is -2.29. The average Bonchev–Trinajstić information content (AvgIpc) is 3.03. The predicted octanol–water partition coefficient (Wildman–Crippen LogP) is 1.28. The molecule has 0 saturated carbocycles. The summed E-state index contributed by atoms with van der Waals surface area (Å²) in [7, 11) is 2.01. The van der Waals surface area contributed by atoms with Crippen molar-refractivity contribution in [3.63, 3.8) is 0 Å². The first kappa shape index (κ1) is 13.8. The number of rotatable bonds is 5. The van der Waals surface area contributed by atoms with Gasteiger partial charge < -0.3 is 15.5 Å². The van der Waals surface area contributed by atoms with Gasteiger partial charge in [0.25, 0.3) is 0 Å². The van der Waals surface area contributed by atoms with Crippen molar-refractivity contribution in [1.82, 2.24) is 20.5 Å². The van der Waals surface area contributed by atoms with Gasteiger partial charge in [0.1, 0.15) is 0 Å². The topological polar surface area (TPSA) is 66.0 Å². The molecule has 6 nitrogen and oxygen atoms in total. The first-order valence-corrected chi connectivity index (χ1v) is 7.24. The molecule has 1 atom stereocenters. The molecule has 3 heterocycles.